The van der Waals surface area contributed by atoms with E-state index in [4.69, 9.17) is 5.73 Å². The fourth-order valence-corrected chi connectivity index (χ4v) is 2.07. The second kappa shape index (κ2) is 7.67. The van der Waals surface area contributed by atoms with Crippen LogP contribution in [0.3, 0.4) is 0 Å². The Kier molecular flexibility index (Phi) is 7.33. The molecule has 0 aliphatic rings. The van der Waals surface area contributed by atoms with Gasteiger partial charge in [0.2, 0.25) is 0 Å². The highest BCUT2D eigenvalue weighted by Crippen LogP contribution is 2.39. The first-order valence-corrected chi connectivity index (χ1v) is 6.10. The summed E-state index contributed by atoms with van der Waals surface area (Å²) in [5, 5.41) is 9.61. The van der Waals surface area contributed by atoms with E-state index in [1.807, 2.05) is 0 Å². The van der Waals surface area contributed by atoms with E-state index < -0.39 is 11.6 Å². The molecule has 1 aromatic rings. The van der Waals surface area contributed by atoms with E-state index in [1.54, 1.807) is 6.08 Å². The van der Waals surface area contributed by atoms with Crippen LogP contribution in [0, 0.1) is 0 Å². The van der Waals surface area contributed by atoms with Gasteiger partial charge in [-0.05, 0) is 42.8 Å². The van der Waals surface area contributed by atoms with Gasteiger partial charge in [-0.2, -0.15) is 13.2 Å². The second-order valence-corrected chi connectivity index (χ2v) is 4.88. The lowest BCUT2D eigenvalue weighted by Gasteiger charge is -2.14. The number of rotatable bonds is 5. The van der Waals surface area contributed by atoms with Crippen LogP contribution in [-0.2, 0) is 0 Å². The summed E-state index contributed by atoms with van der Waals surface area (Å²) in [5.74, 6) is -0.0851. The molecule has 0 unspecified atom stereocenters. The smallest absolute Gasteiger partial charge is 0.446 e. The van der Waals surface area contributed by atoms with Crippen LogP contribution < -0.4 is 5.73 Å². The van der Waals surface area contributed by atoms with Gasteiger partial charge < -0.3 is 10.8 Å². The number of nitrogens with two attached hydrogens (primary N) is 1. The van der Waals surface area contributed by atoms with Crippen LogP contribution in [0.2, 0.25) is 0 Å². The van der Waals surface area contributed by atoms with E-state index in [2.05, 4.69) is 6.58 Å². The van der Waals surface area contributed by atoms with Crippen LogP contribution in [0.15, 0.2) is 35.7 Å². The molecular weight excluding hydrogens is 299 g/mol. The second-order valence-electron chi connectivity index (χ2n) is 3.74. The molecule has 0 amide bonds. The number of halogens is 4. The lowest BCUT2D eigenvalue weighted by molar-refractivity contribution is -0.0328. The monoisotopic (exact) mass is 313 g/mol. The fourth-order valence-electron chi connectivity index (χ4n) is 1.48. The summed E-state index contributed by atoms with van der Waals surface area (Å²) in [6, 6.07) is 3.23. The van der Waals surface area contributed by atoms with Gasteiger partial charge in [0.05, 0.1) is 0 Å². The molecule has 0 saturated heterocycles. The molecule has 0 aliphatic carbocycles. The van der Waals surface area contributed by atoms with E-state index in [0.29, 0.717) is 18.4 Å². The number of hydrogen-bond donors (Lipinski definition) is 2. The minimum Gasteiger partial charge on any atom is -0.508 e. The topological polar surface area (TPSA) is 46.2 Å². The van der Waals surface area contributed by atoms with Crippen LogP contribution in [-0.4, -0.2) is 10.6 Å². The number of aromatic hydroxyl groups is 1. The summed E-state index contributed by atoms with van der Waals surface area (Å²) >= 11 is -0.222. The van der Waals surface area contributed by atoms with E-state index in [-0.39, 0.29) is 34.8 Å². The SMILES string of the molecule is C=CCC[C@@H](N)c1cc(SC(F)(F)F)ccc1O.Cl. The molecular formula is C12H15ClF3NOS. The molecule has 1 aromatic carbocycles. The van der Waals surface area contributed by atoms with Crippen molar-refractivity contribution in [3.05, 3.63) is 36.4 Å². The molecule has 0 radical (unpaired) electrons. The number of allylic oxidation sites excluding steroid dienone is 1. The molecule has 108 valence electrons. The molecule has 0 heterocycles. The zero-order valence-corrected chi connectivity index (χ0v) is 11.6. The molecule has 3 N–H and O–H groups in total. The van der Waals surface area contributed by atoms with Crippen LogP contribution in [0.1, 0.15) is 24.4 Å². The maximum absolute atomic E-state index is 12.2. The highest BCUT2D eigenvalue weighted by molar-refractivity contribution is 8.00. The molecule has 0 saturated carbocycles. The molecule has 19 heavy (non-hydrogen) atoms. The lowest BCUT2D eigenvalue weighted by atomic mass is 10.0. The van der Waals surface area contributed by atoms with Crippen molar-refractivity contribution in [1.82, 2.24) is 0 Å². The number of hydrogen-bond acceptors (Lipinski definition) is 3. The van der Waals surface area contributed by atoms with Gasteiger partial charge in [-0.25, -0.2) is 0 Å². The van der Waals surface area contributed by atoms with Crippen molar-refractivity contribution in [2.24, 2.45) is 5.73 Å². The van der Waals surface area contributed by atoms with Crippen molar-refractivity contribution in [1.29, 1.82) is 0 Å². The maximum atomic E-state index is 12.2. The molecule has 0 aliphatic heterocycles. The van der Waals surface area contributed by atoms with Gasteiger partial charge in [0.15, 0.2) is 0 Å². The summed E-state index contributed by atoms with van der Waals surface area (Å²) in [6.07, 6.45) is 2.83. The number of thioether (sulfide) groups is 1. The predicted octanol–water partition coefficient (Wildman–Crippen LogP) is 4.39. The van der Waals surface area contributed by atoms with Crippen molar-refractivity contribution in [3.63, 3.8) is 0 Å². The summed E-state index contributed by atoms with van der Waals surface area (Å²) < 4.78 is 36.7. The van der Waals surface area contributed by atoms with Gasteiger partial charge >= 0.3 is 5.51 Å². The van der Waals surface area contributed by atoms with Crippen LogP contribution >= 0.6 is 24.2 Å². The number of alkyl halides is 3. The highest BCUT2D eigenvalue weighted by Gasteiger charge is 2.29. The van der Waals surface area contributed by atoms with Crippen molar-refractivity contribution in [3.8, 4) is 5.75 Å². The molecule has 7 heteroatoms. The summed E-state index contributed by atoms with van der Waals surface area (Å²) in [5.41, 5.74) is 1.79. The van der Waals surface area contributed by atoms with Gasteiger partial charge in [-0.1, -0.05) is 6.08 Å². The van der Waals surface area contributed by atoms with E-state index in [1.165, 1.54) is 18.2 Å². The quantitative estimate of drug-likeness (QED) is 0.626. The fraction of sp³-hybridized carbons (Fsp3) is 0.333. The van der Waals surface area contributed by atoms with Gasteiger partial charge in [0, 0.05) is 16.5 Å². The van der Waals surface area contributed by atoms with Crippen LogP contribution in [0.25, 0.3) is 0 Å². The largest absolute Gasteiger partial charge is 0.508 e. The van der Waals surface area contributed by atoms with Crippen molar-refractivity contribution >= 4 is 24.2 Å². The van der Waals surface area contributed by atoms with Gasteiger partial charge in [0.1, 0.15) is 5.75 Å². The zero-order valence-electron chi connectivity index (χ0n) is 9.98. The third-order valence-electron chi connectivity index (χ3n) is 2.31. The third kappa shape index (κ3) is 6.22. The minimum absolute atomic E-state index is 0. The zero-order chi connectivity index (χ0) is 13.8. The molecule has 0 aromatic heterocycles. The van der Waals surface area contributed by atoms with Crippen molar-refractivity contribution in [2.45, 2.75) is 29.3 Å². The Morgan fingerprint density at radius 1 is 1.42 bits per heavy atom. The molecule has 1 rings (SSSR count). The lowest BCUT2D eigenvalue weighted by Crippen LogP contribution is -2.10. The summed E-state index contributed by atoms with van der Waals surface area (Å²) in [4.78, 5) is 0.0179. The highest BCUT2D eigenvalue weighted by atomic mass is 35.5. The number of phenolic OH excluding ortho intramolecular Hbond substituents is 1. The minimum atomic E-state index is -4.35. The number of phenols is 1. The Morgan fingerprint density at radius 3 is 2.58 bits per heavy atom. The molecule has 1 atom stereocenters. The van der Waals surface area contributed by atoms with Gasteiger partial charge in [-0.3, -0.25) is 0 Å². The first-order valence-electron chi connectivity index (χ1n) is 5.28. The van der Waals surface area contributed by atoms with Crippen LogP contribution in [0.4, 0.5) is 13.2 Å². The molecule has 0 spiro atoms. The molecule has 2 nitrogen and oxygen atoms in total. The summed E-state index contributed by atoms with van der Waals surface area (Å²) in [6.45, 7) is 3.54. The molecule has 0 fully saturated rings. The Bertz CT molecular complexity index is 426. The van der Waals surface area contributed by atoms with Crippen LogP contribution in [0.5, 0.6) is 5.75 Å². The number of benzene rings is 1. The van der Waals surface area contributed by atoms with Crippen molar-refractivity contribution < 1.29 is 18.3 Å². The van der Waals surface area contributed by atoms with Crippen molar-refractivity contribution in [2.75, 3.05) is 0 Å². The van der Waals surface area contributed by atoms with E-state index in [9.17, 15) is 18.3 Å². The van der Waals surface area contributed by atoms with E-state index in [0.717, 1.165) is 0 Å². The van der Waals surface area contributed by atoms with Gasteiger partial charge in [-0.15, -0.1) is 19.0 Å². The maximum Gasteiger partial charge on any atom is 0.446 e. The average Bonchev–Trinajstić information content (AvgIpc) is 2.26. The Hall–Kier alpha value is -0.850. The third-order valence-corrected chi connectivity index (χ3v) is 3.03. The predicted molar refractivity (Wildman–Crippen MR) is 73.6 cm³/mol. The first kappa shape index (κ1) is 18.1. The standard InChI is InChI=1S/C12H14F3NOS.ClH/c1-2-3-4-10(16)9-7-8(5-6-11(9)17)18-12(13,14)15;/h2,5-7,10,17H,1,3-4,16H2;1H/t10-;/m1./s1. The first-order chi connectivity index (χ1) is 8.33. The van der Waals surface area contributed by atoms with E-state index >= 15 is 0 Å². The Balaban J connectivity index is 0.00000324. The normalized spacial score (nSPS) is 12.6. The Labute approximate surface area is 120 Å². The Morgan fingerprint density at radius 2 is 2.05 bits per heavy atom. The molecule has 0 bridgehead atoms. The average molecular weight is 314 g/mol. The van der Waals surface area contributed by atoms with Gasteiger partial charge in [0.25, 0.3) is 0 Å². The summed E-state index contributed by atoms with van der Waals surface area (Å²) in [7, 11) is 0.